The first-order valence-electron chi connectivity index (χ1n) is 5.96. The van der Waals surface area contributed by atoms with E-state index in [1.54, 1.807) is 44.8 Å². The van der Waals surface area contributed by atoms with Crippen LogP contribution in [0.1, 0.15) is 26.5 Å². The molecular formula is C12H20N4O3. The molecule has 7 heteroatoms. The van der Waals surface area contributed by atoms with Gasteiger partial charge in [-0.05, 0) is 11.5 Å². The molecule has 1 rings (SSSR count). The first-order chi connectivity index (χ1) is 8.71. The molecule has 0 aromatic carbocycles. The highest BCUT2D eigenvalue weighted by molar-refractivity contribution is 5.83. The summed E-state index contributed by atoms with van der Waals surface area (Å²) in [6.45, 7) is 5.56. The molecule has 0 aliphatic heterocycles. The van der Waals surface area contributed by atoms with Crippen molar-refractivity contribution < 1.29 is 14.7 Å². The lowest BCUT2D eigenvalue weighted by Gasteiger charge is -2.27. The maximum absolute atomic E-state index is 11.7. The van der Waals surface area contributed by atoms with Crippen molar-refractivity contribution in [2.45, 2.75) is 33.4 Å². The molecule has 1 aromatic rings. The summed E-state index contributed by atoms with van der Waals surface area (Å²) in [6.07, 6.45) is 1.63. The maximum Gasteiger partial charge on any atom is 0.326 e. The summed E-state index contributed by atoms with van der Waals surface area (Å²) in [5, 5.41) is 18.1. The van der Waals surface area contributed by atoms with Crippen LogP contribution in [0, 0.1) is 5.41 Å². The second-order valence-corrected chi connectivity index (χ2v) is 5.41. The van der Waals surface area contributed by atoms with Crippen molar-refractivity contribution in [1.29, 1.82) is 0 Å². The molecule has 0 saturated heterocycles. The number of hydrogen-bond donors (Lipinski definition) is 3. The summed E-state index contributed by atoms with van der Waals surface area (Å²) >= 11 is 0. The van der Waals surface area contributed by atoms with Gasteiger partial charge in [0.15, 0.2) is 0 Å². The molecule has 19 heavy (non-hydrogen) atoms. The number of carbonyl (C=O) groups is 2. The normalized spacial score (nSPS) is 12.8. The monoisotopic (exact) mass is 268 g/mol. The Labute approximate surface area is 112 Å². The average Bonchev–Trinajstić information content (AvgIpc) is 2.67. The van der Waals surface area contributed by atoms with Crippen LogP contribution in [0.15, 0.2) is 12.3 Å². The minimum atomic E-state index is -1.05. The Bertz CT molecular complexity index is 462. The molecule has 1 aromatic heterocycles. The van der Waals surface area contributed by atoms with Gasteiger partial charge >= 0.3 is 12.0 Å². The molecule has 0 spiro atoms. The number of urea groups is 1. The molecule has 0 bridgehead atoms. The molecule has 0 fully saturated rings. The number of hydrogen-bond acceptors (Lipinski definition) is 3. The van der Waals surface area contributed by atoms with Crippen LogP contribution in [0.4, 0.5) is 4.79 Å². The first kappa shape index (κ1) is 15.0. The van der Waals surface area contributed by atoms with Crippen LogP contribution >= 0.6 is 0 Å². The highest BCUT2D eigenvalue weighted by Crippen LogP contribution is 2.19. The van der Waals surface area contributed by atoms with E-state index in [2.05, 4.69) is 15.7 Å². The third-order valence-electron chi connectivity index (χ3n) is 2.74. The van der Waals surface area contributed by atoms with Crippen LogP contribution in [-0.2, 0) is 18.4 Å². The number of aryl methyl sites for hydroxylation is 1. The molecule has 0 aliphatic rings. The molecule has 2 amide bonds. The van der Waals surface area contributed by atoms with Crippen LogP contribution in [0.25, 0.3) is 0 Å². The van der Waals surface area contributed by atoms with Gasteiger partial charge in [-0.2, -0.15) is 5.10 Å². The van der Waals surface area contributed by atoms with Gasteiger partial charge in [0.25, 0.3) is 0 Å². The van der Waals surface area contributed by atoms with Crippen molar-refractivity contribution in [3.63, 3.8) is 0 Å². The number of aromatic nitrogens is 2. The van der Waals surface area contributed by atoms with Gasteiger partial charge in [-0.3, -0.25) is 4.68 Å². The minimum Gasteiger partial charge on any atom is -0.480 e. The summed E-state index contributed by atoms with van der Waals surface area (Å²) in [5.74, 6) is -1.05. The van der Waals surface area contributed by atoms with E-state index < -0.39 is 23.5 Å². The number of aliphatic carboxylic acids is 1. The molecule has 0 saturated carbocycles. The number of rotatable bonds is 4. The molecule has 0 unspecified atom stereocenters. The molecule has 106 valence electrons. The number of carbonyl (C=O) groups excluding carboxylic acids is 1. The highest BCUT2D eigenvalue weighted by atomic mass is 16.4. The van der Waals surface area contributed by atoms with Gasteiger partial charge in [-0.1, -0.05) is 20.8 Å². The lowest BCUT2D eigenvalue weighted by molar-refractivity contribution is -0.141. The molecule has 1 heterocycles. The van der Waals surface area contributed by atoms with E-state index in [0.29, 0.717) is 6.54 Å². The molecule has 1 atom stereocenters. The largest absolute Gasteiger partial charge is 0.480 e. The third-order valence-corrected chi connectivity index (χ3v) is 2.74. The van der Waals surface area contributed by atoms with Crippen molar-refractivity contribution in [2.75, 3.05) is 0 Å². The lowest BCUT2D eigenvalue weighted by atomic mass is 9.87. The zero-order valence-electron chi connectivity index (χ0n) is 11.6. The van der Waals surface area contributed by atoms with E-state index in [0.717, 1.165) is 5.69 Å². The van der Waals surface area contributed by atoms with Crippen LogP contribution in [0.3, 0.4) is 0 Å². The predicted octanol–water partition coefficient (Wildman–Crippen LogP) is 0.719. The van der Waals surface area contributed by atoms with E-state index in [4.69, 9.17) is 5.11 Å². The van der Waals surface area contributed by atoms with Crippen molar-refractivity contribution in [2.24, 2.45) is 12.5 Å². The summed E-state index contributed by atoms with van der Waals surface area (Å²) < 4.78 is 1.64. The Hall–Kier alpha value is -2.05. The number of nitrogens with one attached hydrogen (secondary N) is 2. The SMILES string of the molecule is Cn1nccc1CNC(=O)N[C@H](C(=O)O)C(C)(C)C. The lowest BCUT2D eigenvalue weighted by Crippen LogP contribution is -2.52. The van der Waals surface area contributed by atoms with Crippen molar-refractivity contribution >= 4 is 12.0 Å². The number of nitrogens with zero attached hydrogens (tertiary/aromatic N) is 2. The van der Waals surface area contributed by atoms with Crippen LogP contribution in [0.2, 0.25) is 0 Å². The van der Waals surface area contributed by atoms with Gasteiger partial charge in [0, 0.05) is 13.2 Å². The Balaban J connectivity index is 2.55. The minimum absolute atomic E-state index is 0.290. The molecule has 0 aliphatic carbocycles. The van der Waals surface area contributed by atoms with E-state index in [-0.39, 0.29) is 0 Å². The smallest absolute Gasteiger partial charge is 0.326 e. The van der Waals surface area contributed by atoms with Crippen LogP contribution in [0.5, 0.6) is 0 Å². The first-order valence-corrected chi connectivity index (χ1v) is 5.96. The quantitative estimate of drug-likeness (QED) is 0.749. The van der Waals surface area contributed by atoms with E-state index >= 15 is 0 Å². The van der Waals surface area contributed by atoms with Crippen LogP contribution < -0.4 is 10.6 Å². The summed E-state index contributed by atoms with van der Waals surface area (Å²) in [4.78, 5) is 22.8. The zero-order valence-corrected chi connectivity index (χ0v) is 11.6. The van der Waals surface area contributed by atoms with E-state index in [1.807, 2.05) is 0 Å². The molecular weight excluding hydrogens is 248 g/mol. The Morgan fingerprint density at radius 1 is 1.47 bits per heavy atom. The van der Waals surface area contributed by atoms with Gasteiger partial charge < -0.3 is 15.7 Å². The fourth-order valence-electron chi connectivity index (χ4n) is 1.58. The fourth-order valence-corrected chi connectivity index (χ4v) is 1.58. The van der Waals surface area contributed by atoms with Gasteiger partial charge in [0.2, 0.25) is 0 Å². The maximum atomic E-state index is 11.7. The van der Waals surface area contributed by atoms with Gasteiger partial charge in [0.05, 0.1) is 12.2 Å². The van der Waals surface area contributed by atoms with Gasteiger partial charge in [0.1, 0.15) is 6.04 Å². The second kappa shape index (κ2) is 5.73. The zero-order chi connectivity index (χ0) is 14.6. The molecule has 3 N–H and O–H groups in total. The number of carboxylic acid groups (broad SMARTS) is 1. The predicted molar refractivity (Wildman–Crippen MR) is 69.5 cm³/mol. The Morgan fingerprint density at radius 2 is 2.11 bits per heavy atom. The number of carboxylic acids is 1. The van der Waals surface area contributed by atoms with Crippen LogP contribution in [-0.4, -0.2) is 32.9 Å². The van der Waals surface area contributed by atoms with Crippen molar-refractivity contribution in [3.05, 3.63) is 18.0 Å². The Morgan fingerprint density at radius 3 is 2.53 bits per heavy atom. The van der Waals surface area contributed by atoms with E-state index in [9.17, 15) is 9.59 Å². The topological polar surface area (TPSA) is 96.3 Å². The fraction of sp³-hybridized carbons (Fsp3) is 0.583. The van der Waals surface area contributed by atoms with Gasteiger partial charge in [-0.25, -0.2) is 9.59 Å². The molecule has 0 radical (unpaired) electrons. The van der Waals surface area contributed by atoms with Crippen molar-refractivity contribution in [1.82, 2.24) is 20.4 Å². The van der Waals surface area contributed by atoms with Crippen molar-refractivity contribution in [3.8, 4) is 0 Å². The summed E-state index contributed by atoms with van der Waals surface area (Å²) in [6, 6.07) is 0.321. The molecule has 7 nitrogen and oxygen atoms in total. The van der Waals surface area contributed by atoms with E-state index in [1.165, 1.54) is 0 Å². The highest BCUT2D eigenvalue weighted by Gasteiger charge is 2.32. The second-order valence-electron chi connectivity index (χ2n) is 5.41. The standard InChI is InChI=1S/C12H20N4O3/c1-12(2,3)9(10(17)18)15-11(19)13-7-8-5-6-14-16(8)4/h5-6,9H,7H2,1-4H3,(H,17,18)(H2,13,15,19)/t9-/m1/s1. The summed E-state index contributed by atoms with van der Waals surface area (Å²) in [7, 11) is 1.77. The number of amides is 2. The average molecular weight is 268 g/mol. The van der Waals surface area contributed by atoms with Gasteiger partial charge in [-0.15, -0.1) is 0 Å². The Kier molecular flexibility index (Phi) is 4.52. The third kappa shape index (κ3) is 4.27. The summed E-state index contributed by atoms with van der Waals surface area (Å²) in [5.41, 5.74) is 0.271.